The molecule has 6 heteroatoms. The molecule has 2 aromatic rings. The molecular formula is C17H22N4OS. The van der Waals surface area contributed by atoms with E-state index >= 15 is 0 Å². The normalized spacial score (nSPS) is 15.6. The Morgan fingerprint density at radius 1 is 1.30 bits per heavy atom. The number of amides is 1. The highest BCUT2D eigenvalue weighted by Crippen LogP contribution is 2.25. The molecule has 0 radical (unpaired) electrons. The van der Waals surface area contributed by atoms with Gasteiger partial charge in [-0.2, -0.15) is 4.37 Å². The van der Waals surface area contributed by atoms with Crippen molar-refractivity contribution in [3.8, 4) is 0 Å². The Balaban J connectivity index is 1.47. The SMILES string of the molecule is CCc1nsc(N2CCC(C(=O)NCc3ccccc3)CC2)n1. The van der Waals surface area contributed by atoms with E-state index in [9.17, 15) is 4.79 Å². The number of rotatable bonds is 5. The van der Waals surface area contributed by atoms with E-state index in [-0.39, 0.29) is 11.8 Å². The fourth-order valence-electron chi connectivity index (χ4n) is 2.78. The largest absolute Gasteiger partial charge is 0.352 e. The van der Waals surface area contributed by atoms with Gasteiger partial charge in [0.2, 0.25) is 11.0 Å². The Morgan fingerprint density at radius 3 is 2.70 bits per heavy atom. The van der Waals surface area contributed by atoms with Crippen molar-refractivity contribution in [3.63, 3.8) is 0 Å². The van der Waals surface area contributed by atoms with E-state index in [0.717, 1.165) is 48.9 Å². The van der Waals surface area contributed by atoms with Crippen molar-refractivity contribution >= 4 is 22.6 Å². The molecule has 0 unspecified atom stereocenters. The summed E-state index contributed by atoms with van der Waals surface area (Å²) in [6.07, 6.45) is 2.62. The molecule has 1 aliphatic heterocycles. The lowest BCUT2D eigenvalue weighted by atomic mass is 9.96. The standard InChI is InChI=1S/C17H22N4OS/c1-2-15-19-17(23-20-15)21-10-8-14(9-11-21)16(22)18-12-13-6-4-3-5-7-13/h3-7,14H,2,8-12H2,1H3,(H,18,22). The van der Waals surface area contributed by atoms with Crippen LogP contribution in [-0.4, -0.2) is 28.4 Å². The first-order valence-electron chi connectivity index (χ1n) is 8.15. The van der Waals surface area contributed by atoms with Gasteiger partial charge in [-0.05, 0) is 18.4 Å². The molecule has 0 atom stereocenters. The number of nitrogens with zero attached hydrogens (tertiary/aromatic N) is 3. The van der Waals surface area contributed by atoms with Gasteiger partial charge < -0.3 is 10.2 Å². The van der Waals surface area contributed by atoms with Crippen LogP contribution in [0.1, 0.15) is 31.2 Å². The third-order valence-corrected chi connectivity index (χ3v) is 5.03. The average molecular weight is 330 g/mol. The van der Waals surface area contributed by atoms with Crippen molar-refractivity contribution in [1.82, 2.24) is 14.7 Å². The van der Waals surface area contributed by atoms with Crippen LogP contribution in [0.25, 0.3) is 0 Å². The quantitative estimate of drug-likeness (QED) is 0.915. The third kappa shape index (κ3) is 4.07. The maximum atomic E-state index is 12.3. The number of carbonyl (C=O) groups excluding carboxylic acids is 1. The second-order valence-electron chi connectivity index (χ2n) is 5.81. The van der Waals surface area contributed by atoms with Crippen LogP contribution in [0, 0.1) is 5.92 Å². The Morgan fingerprint density at radius 2 is 2.04 bits per heavy atom. The molecule has 1 aromatic heterocycles. The van der Waals surface area contributed by atoms with Gasteiger partial charge in [-0.1, -0.05) is 37.3 Å². The fourth-order valence-corrected chi connectivity index (χ4v) is 3.58. The zero-order chi connectivity index (χ0) is 16.1. The molecule has 2 heterocycles. The molecule has 1 aliphatic rings. The molecule has 5 nitrogen and oxygen atoms in total. The van der Waals surface area contributed by atoms with Crippen LogP contribution in [0.4, 0.5) is 5.13 Å². The van der Waals surface area contributed by atoms with Crippen molar-refractivity contribution < 1.29 is 4.79 Å². The topological polar surface area (TPSA) is 58.1 Å². The van der Waals surface area contributed by atoms with Crippen LogP contribution < -0.4 is 10.2 Å². The van der Waals surface area contributed by atoms with Gasteiger partial charge in [0.1, 0.15) is 5.82 Å². The van der Waals surface area contributed by atoms with Gasteiger partial charge in [-0.3, -0.25) is 4.79 Å². The van der Waals surface area contributed by atoms with Gasteiger partial charge in [0.15, 0.2) is 0 Å². The van der Waals surface area contributed by atoms with Gasteiger partial charge in [-0.15, -0.1) is 0 Å². The highest BCUT2D eigenvalue weighted by Gasteiger charge is 2.26. The van der Waals surface area contributed by atoms with Crippen molar-refractivity contribution in [3.05, 3.63) is 41.7 Å². The minimum atomic E-state index is 0.105. The maximum absolute atomic E-state index is 12.3. The van der Waals surface area contributed by atoms with E-state index in [1.54, 1.807) is 0 Å². The summed E-state index contributed by atoms with van der Waals surface area (Å²) in [6.45, 7) is 4.43. The van der Waals surface area contributed by atoms with Gasteiger partial charge in [0, 0.05) is 43.5 Å². The molecule has 1 fully saturated rings. The number of nitrogens with one attached hydrogen (secondary N) is 1. The van der Waals surface area contributed by atoms with Crippen LogP contribution in [0.2, 0.25) is 0 Å². The number of benzene rings is 1. The van der Waals surface area contributed by atoms with Crippen molar-refractivity contribution in [2.24, 2.45) is 5.92 Å². The fraction of sp³-hybridized carbons (Fsp3) is 0.471. The molecule has 0 aliphatic carbocycles. The zero-order valence-electron chi connectivity index (χ0n) is 13.4. The van der Waals surface area contributed by atoms with Crippen LogP contribution >= 0.6 is 11.5 Å². The van der Waals surface area contributed by atoms with E-state index < -0.39 is 0 Å². The lowest BCUT2D eigenvalue weighted by molar-refractivity contribution is -0.125. The number of hydrogen-bond donors (Lipinski definition) is 1. The van der Waals surface area contributed by atoms with Gasteiger partial charge in [0.05, 0.1) is 0 Å². The van der Waals surface area contributed by atoms with Crippen molar-refractivity contribution in [2.45, 2.75) is 32.7 Å². The number of aryl methyl sites for hydroxylation is 1. The lowest BCUT2D eigenvalue weighted by Crippen LogP contribution is -2.40. The Kier molecular flexibility index (Phi) is 5.23. The van der Waals surface area contributed by atoms with Crippen molar-refractivity contribution in [1.29, 1.82) is 0 Å². The Hall–Kier alpha value is -1.95. The molecule has 0 saturated carbocycles. The lowest BCUT2D eigenvalue weighted by Gasteiger charge is -2.30. The van der Waals surface area contributed by atoms with Crippen LogP contribution in [0.3, 0.4) is 0 Å². The third-order valence-electron chi connectivity index (χ3n) is 4.22. The number of hydrogen-bond acceptors (Lipinski definition) is 5. The number of aromatic nitrogens is 2. The van der Waals surface area contributed by atoms with E-state index in [1.165, 1.54) is 11.5 Å². The predicted octanol–water partition coefficient (Wildman–Crippen LogP) is 2.63. The summed E-state index contributed by atoms with van der Waals surface area (Å²) < 4.78 is 4.34. The minimum absolute atomic E-state index is 0.105. The Labute approximate surface area is 140 Å². The van der Waals surface area contributed by atoms with Crippen LogP contribution in [-0.2, 0) is 17.8 Å². The van der Waals surface area contributed by atoms with E-state index in [1.807, 2.05) is 30.3 Å². The highest BCUT2D eigenvalue weighted by atomic mass is 32.1. The first-order chi connectivity index (χ1) is 11.3. The maximum Gasteiger partial charge on any atom is 0.223 e. The van der Waals surface area contributed by atoms with Crippen LogP contribution in [0.15, 0.2) is 30.3 Å². The van der Waals surface area contributed by atoms with E-state index in [0.29, 0.717) is 6.54 Å². The van der Waals surface area contributed by atoms with Crippen molar-refractivity contribution in [2.75, 3.05) is 18.0 Å². The van der Waals surface area contributed by atoms with Gasteiger partial charge in [-0.25, -0.2) is 4.98 Å². The number of piperidine rings is 1. The molecule has 0 bridgehead atoms. The summed E-state index contributed by atoms with van der Waals surface area (Å²) >= 11 is 1.46. The van der Waals surface area contributed by atoms with Crippen LogP contribution in [0.5, 0.6) is 0 Å². The number of anilines is 1. The molecule has 23 heavy (non-hydrogen) atoms. The molecule has 1 amide bonds. The minimum Gasteiger partial charge on any atom is -0.352 e. The summed E-state index contributed by atoms with van der Waals surface area (Å²) in [7, 11) is 0. The summed E-state index contributed by atoms with van der Waals surface area (Å²) in [6, 6.07) is 10.0. The molecule has 122 valence electrons. The number of carbonyl (C=O) groups is 1. The van der Waals surface area contributed by atoms with Gasteiger partial charge >= 0.3 is 0 Å². The molecule has 1 aromatic carbocycles. The molecular weight excluding hydrogens is 308 g/mol. The van der Waals surface area contributed by atoms with E-state index in [2.05, 4.69) is 26.5 Å². The zero-order valence-corrected chi connectivity index (χ0v) is 14.2. The predicted molar refractivity (Wildman–Crippen MR) is 92.5 cm³/mol. The smallest absolute Gasteiger partial charge is 0.223 e. The first kappa shape index (κ1) is 15.9. The highest BCUT2D eigenvalue weighted by molar-refractivity contribution is 7.09. The summed E-state index contributed by atoms with van der Waals surface area (Å²) in [5.41, 5.74) is 1.14. The molecule has 1 saturated heterocycles. The monoisotopic (exact) mass is 330 g/mol. The summed E-state index contributed by atoms with van der Waals surface area (Å²) in [4.78, 5) is 19.1. The summed E-state index contributed by atoms with van der Waals surface area (Å²) in [5, 5.41) is 4.04. The molecule has 1 N–H and O–H groups in total. The van der Waals surface area contributed by atoms with E-state index in [4.69, 9.17) is 0 Å². The molecule has 0 spiro atoms. The summed E-state index contributed by atoms with van der Waals surface area (Å²) in [5.74, 6) is 1.18. The average Bonchev–Trinajstić information content (AvgIpc) is 3.10. The second-order valence-corrected chi connectivity index (χ2v) is 6.54. The second kappa shape index (κ2) is 7.55. The Bertz CT molecular complexity index is 635. The molecule has 3 rings (SSSR count). The van der Waals surface area contributed by atoms with Gasteiger partial charge in [0.25, 0.3) is 0 Å². The first-order valence-corrected chi connectivity index (χ1v) is 8.92.